The van der Waals surface area contributed by atoms with E-state index < -0.39 is 0 Å². The molecule has 0 fully saturated rings. The van der Waals surface area contributed by atoms with Crippen LogP contribution in [-0.4, -0.2) is 12.8 Å². The van der Waals surface area contributed by atoms with Crippen LogP contribution in [0, 0.1) is 17.2 Å². The molecule has 1 rings (SSSR count). The highest BCUT2D eigenvalue weighted by Gasteiger charge is 2.22. The summed E-state index contributed by atoms with van der Waals surface area (Å²) in [5.74, 6) is 0.247. The molecule has 4 heteroatoms. The molecule has 0 N–H and O–H groups in total. The van der Waals surface area contributed by atoms with E-state index in [1.807, 2.05) is 38.1 Å². The number of rotatable bonds is 5. The molecule has 0 aliphatic rings. The summed E-state index contributed by atoms with van der Waals surface area (Å²) in [6, 6.07) is 9.84. The van der Waals surface area contributed by atoms with Crippen LogP contribution in [0.2, 0.25) is 5.02 Å². The molecule has 0 radical (unpaired) electrons. The van der Waals surface area contributed by atoms with Gasteiger partial charge in [0, 0.05) is 17.4 Å². The maximum Gasteiger partial charge on any atom is 0.106 e. The van der Waals surface area contributed by atoms with Crippen molar-refractivity contribution in [2.24, 2.45) is 11.1 Å². The zero-order chi connectivity index (χ0) is 13.5. The van der Waals surface area contributed by atoms with Gasteiger partial charge in [-0.15, -0.1) is 0 Å². The Morgan fingerprint density at radius 1 is 1.44 bits per heavy atom. The summed E-state index contributed by atoms with van der Waals surface area (Å²) in [4.78, 5) is 4.84. The Balaban J connectivity index is 3.08. The Morgan fingerprint density at radius 3 is 2.56 bits per heavy atom. The first-order valence-electron chi connectivity index (χ1n) is 5.80. The van der Waals surface area contributed by atoms with Crippen LogP contribution in [0.3, 0.4) is 0 Å². The van der Waals surface area contributed by atoms with Crippen molar-refractivity contribution in [2.75, 3.05) is 7.11 Å². The van der Waals surface area contributed by atoms with Crippen molar-refractivity contribution in [3.63, 3.8) is 0 Å². The van der Waals surface area contributed by atoms with E-state index in [1.54, 1.807) is 0 Å². The molecule has 0 saturated carbocycles. The summed E-state index contributed by atoms with van der Waals surface area (Å²) in [6.07, 6.45) is 0.476. The van der Waals surface area contributed by atoms with E-state index in [4.69, 9.17) is 21.7 Å². The monoisotopic (exact) mass is 264 g/mol. The van der Waals surface area contributed by atoms with Crippen molar-refractivity contribution in [1.82, 2.24) is 0 Å². The average Bonchev–Trinajstić information content (AvgIpc) is 2.33. The van der Waals surface area contributed by atoms with Gasteiger partial charge in [-0.05, 0) is 30.5 Å². The van der Waals surface area contributed by atoms with Gasteiger partial charge in [0.15, 0.2) is 0 Å². The van der Waals surface area contributed by atoms with Gasteiger partial charge >= 0.3 is 0 Å². The van der Waals surface area contributed by atoms with E-state index in [0.717, 1.165) is 11.3 Å². The summed E-state index contributed by atoms with van der Waals surface area (Å²) < 4.78 is 0. The predicted octanol–water partition coefficient (Wildman–Crippen LogP) is 4.00. The van der Waals surface area contributed by atoms with Crippen LogP contribution in [0.1, 0.15) is 31.7 Å². The summed E-state index contributed by atoms with van der Waals surface area (Å²) in [7, 11) is 1.53. The number of nitrogens with zero attached hydrogens (tertiary/aromatic N) is 2. The topological polar surface area (TPSA) is 45.4 Å². The van der Waals surface area contributed by atoms with Gasteiger partial charge < -0.3 is 4.84 Å². The first-order valence-corrected chi connectivity index (χ1v) is 6.18. The van der Waals surface area contributed by atoms with Crippen LogP contribution in [0.15, 0.2) is 29.4 Å². The molecule has 2 unspecified atom stereocenters. The lowest BCUT2D eigenvalue weighted by molar-refractivity contribution is 0.211. The largest absolute Gasteiger partial charge is 0.399 e. The van der Waals surface area contributed by atoms with Gasteiger partial charge in [0.2, 0.25) is 0 Å². The van der Waals surface area contributed by atoms with Crippen molar-refractivity contribution in [1.29, 1.82) is 5.26 Å². The predicted molar refractivity (Wildman–Crippen MR) is 73.7 cm³/mol. The number of nitriles is 1. The first-order chi connectivity index (χ1) is 8.60. The molecule has 0 spiro atoms. The smallest absolute Gasteiger partial charge is 0.106 e. The zero-order valence-electron chi connectivity index (χ0n) is 10.9. The summed E-state index contributed by atoms with van der Waals surface area (Å²) in [5.41, 5.74) is 1.96. The number of hydrogen-bond donors (Lipinski definition) is 0. The van der Waals surface area contributed by atoms with Gasteiger partial charge in [0.25, 0.3) is 0 Å². The molecule has 96 valence electrons. The van der Waals surface area contributed by atoms with Crippen LogP contribution >= 0.6 is 11.6 Å². The molecule has 18 heavy (non-hydrogen) atoms. The molecule has 0 saturated heterocycles. The second-order valence-electron chi connectivity index (χ2n) is 4.28. The molecule has 0 aliphatic heterocycles. The van der Waals surface area contributed by atoms with Crippen molar-refractivity contribution >= 4 is 17.3 Å². The SMILES string of the molecule is CO/N=C(\C)C(c1ccc(Cl)cc1)C(C)CC#N. The molecule has 0 aromatic heterocycles. The normalized spacial score (nSPS) is 14.7. The molecule has 0 heterocycles. The van der Waals surface area contributed by atoms with Gasteiger partial charge in [-0.1, -0.05) is 35.8 Å². The minimum atomic E-state index is 0.0712. The first kappa shape index (κ1) is 14.5. The highest BCUT2D eigenvalue weighted by molar-refractivity contribution is 6.30. The minimum absolute atomic E-state index is 0.0712. The highest BCUT2D eigenvalue weighted by Crippen LogP contribution is 2.29. The third-order valence-electron chi connectivity index (χ3n) is 2.90. The fourth-order valence-electron chi connectivity index (χ4n) is 2.11. The summed E-state index contributed by atoms with van der Waals surface area (Å²) >= 11 is 5.89. The molecule has 1 aromatic rings. The molecular formula is C14H17ClN2O. The van der Waals surface area contributed by atoms with E-state index in [1.165, 1.54) is 7.11 Å². The third-order valence-corrected chi connectivity index (χ3v) is 3.15. The number of halogens is 1. The standard InChI is InChI=1S/C14H17ClN2O/c1-10(8-9-16)14(11(2)17-18-3)12-4-6-13(15)7-5-12/h4-7,10,14H,8H2,1-3H3/b17-11+. The molecular weight excluding hydrogens is 248 g/mol. The van der Waals surface area contributed by atoms with Gasteiger partial charge in [-0.25, -0.2) is 0 Å². The minimum Gasteiger partial charge on any atom is -0.399 e. The van der Waals surface area contributed by atoms with E-state index in [2.05, 4.69) is 11.2 Å². The van der Waals surface area contributed by atoms with Crippen LogP contribution in [0.25, 0.3) is 0 Å². The summed E-state index contributed by atoms with van der Waals surface area (Å²) in [6.45, 7) is 3.95. The van der Waals surface area contributed by atoms with E-state index in [0.29, 0.717) is 11.4 Å². The Morgan fingerprint density at radius 2 is 2.06 bits per heavy atom. The number of benzene rings is 1. The number of oxime groups is 1. The second kappa shape index (κ2) is 7.03. The Hall–Kier alpha value is -1.53. The van der Waals surface area contributed by atoms with Crippen LogP contribution in [-0.2, 0) is 4.84 Å². The Kier molecular flexibility index (Phi) is 5.67. The number of hydrogen-bond acceptors (Lipinski definition) is 3. The van der Waals surface area contributed by atoms with Gasteiger partial charge in [-0.3, -0.25) is 0 Å². The lowest BCUT2D eigenvalue weighted by Gasteiger charge is -2.22. The fourth-order valence-corrected chi connectivity index (χ4v) is 2.24. The van der Waals surface area contributed by atoms with E-state index >= 15 is 0 Å². The molecule has 3 nitrogen and oxygen atoms in total. The van der Waals surface area contributed by atoms with Crippen LogP contribution in [0.4, 0.5) is 0 Å². The lowest BCUT2D eigenvalue weighted by atomic mass is 9.82. The van der Waals surface area contributed by atoms with Crippen LogP contribution < -0.4 is 0 Å². The molecule has 1 aromatic carbocycles. The molecule has 0 amide bonds. The van der Waals surface area contributed by atoms with E-state index in [9.17, 15) is 0 Å². The molecule has 2 atom stereocenters. The van der Waals surface area contributed by atoms with Gasteiger partial charge in [0.1, 0.15) is 7.11 Å². The summed E-state index contributed by atoms with van der Waals surface area (Å²) in [5, 5.41) is 13.5. The lowest BCUT2D eigenvalue weighted by Crippen LogP contribution is -2.18. The maximum absolute atomic E-state index is 8.85. The average molecular weight is 265 g/mol. The molecule has 0 aliphatic carbocycles. The third kappa shape index (κ3) is 3.75. The second-order valence-corrected chi connectivity index (χ2v) is 4.72. The Labute approximate surface area is 113 Å². The van der Waals surface area contributed by atoms with Gasteiger partial charge in [-0.2, -0.15) is 5.26 Å². The van der Waals surface area contributed by atoms with E-state index in [-0.39, 0.29) is 11.8 Å². The van der Waals surface area contributed by atoms with Gasteiger partial charge in [0.05, 0.1) is 11.8 Å². The fraction of sp³-hybridized carbons (Fsp3) is 0.429. The maximum atomic E-state index is 8.85. The molecule has 0 bridgehead atoms. The van der Waals surface area contributed by atoms with Crippen molar-refractivity contribution in [2.45, 2.75) is 26.2 Å². The quantitative estimate of drug-likeness (QED) is 0.596. The Bertz CT molecular complexity index is 448. The zero-order valence-corrected chi connectivity index (χ0v) is 11.6. The van der Waals surface area contributed by atoms with Crippen molar-refractivity contribution in [3.8, 4) is 6.07 Å². The highest BCUT2D eigenvalue weighted by atomic mass is 35.5. The van der Waals surface area contributed by atoms with Crippen molar-refractivity contribution < 1.29 is 4.84 Å². The van der Waals surface area contributed by atoms with Crippen LogP contribution in [0.5, 0.6) is 0 Å². The van der Waals surface area contributed by atoms with Crippen molar-refractivity contribution in [3.05, 3.63) is 34.9 Å².